The van der Waals surface area contributed by atoms with Crippen LogP contribution in [0.1, 0.15) is 16.7 Å². The van der Waals surface area contributed by atoms with Gasteiger partial charge in [-0.1, -0.05) is 29.8 Å². The fourth-order valence-electron chi connectivity index (χ4n) is 1.94. The van der Waals surface area contributed by atoms with Crippen LogP contribution < -0.4 is 4.72 Å². The number of rotatable bonds is 5. The molecule has 4 nitrogen and oxygen atoms in total. The van der Waals surface area contributed by atoms with Gasteiger partial charge in [-0.15, -0.1) is 0 Å². The van der Waals surface area contributed by atoms with Crippen LogP contribution in [-0.4, -0.2) is 13.5 Å². The van der Waals surface area contributed by atoms with Gasteiger partial charge in [-0.3, -0.25) is 0 Å². The highest BCUT2D eigenvalue weighted by Crippen LogP contribution is 2.24. The van der Waals surface area contributed by atoms with Crippen molar-refractivity contribution in [2.24, 2.45) is 0 Å². The summed E-state index contributed by atoms with van der Waals surface area (Å²) in [7, 11) is -3.78. The first-order valence-corrected chi connectivity index (χ1v) is 8.34. The van der Waals surface area contributed by atoms with Gasteiger partial charge in [0.25, 0.3) is 0 Å². The number of benzene rings is 2. The van der Waals surface area contributed by atoms with Crippen LogP contribution in [0.15, 0.2) is 41.3 Å². The van der Waals surface area contributed by atoms with E-state index in [2.05, 4.69) is 4.72 Å². The van der Waals surface area contributed by atoms with Crippen molar-refractivity contribution in [2.45, 2.75) is 25.0 Å². The SMILES string of the molecule is Cc1cccc(S(=O)(=O)NCc2ccc(F)c(CO)c2)c1Cl. The molecule has 0 heterocycles. The molecule has 0 bridgehead atoms. The Balaban J connectivity index is 2.21. The van der Waals surface area contributed by atoms with Crippen LogP contribution >= 0.6 is 11.6 Å². The van der Waals surface area contributed by atoms with E-state index in [1.165, 1.54) is 24.3 Å². The van der Waals surface area contributed by atoms with Crippen molar-refractivity contribution in [1.82, 2.24) is 4.72 Å². The third-order valence-corrected chi connectivity index (χ3v) is 5.25. The summed E-state index contributed by atoms with van der Waals surface area (Å²) in [6.45, 7) is 1.24. The number of sulfonamides is 1. The Morgan fingerprint density at radius 1 is 1.27 bits per heavy atom. The number of nitrogens with one attached hydrogen (secondary N) is 1. The summed E-state index contributed by atoms with van der Waals surface area (Å²) in [4.78, 5) is -0.00124. The minimum Gasteiger partial charge on any atom is -0.392 e. The number of aliphatic hydroxyl groups is 1. The molecule has 0 aromatic heterocycles. The highest BCUT2D eigenvalue weighted by molar-refractivity contribution is 7.89. The van der Waals surface area contributed by atoms with Crippen LogP contribution in [0, 0.1) is 12.7 Å². The van der Waals surface area contributed by atoms with Crippen LogP contribution in [0.2, 0.25) is 5.02 Å². The maximum atomic E-state index is 13.3. The van der Waals surface area contributed by atoms with E-state index in [9.17, 15) is 12.8 Å². The van der Waals surface area contributed by atoms with Gasteiger partial charge in [-0.25, -0.2) is 17.5 Å². The van der Waals surface area contributed by atoms with Crippen LogP contribution in [0.3, 0.4) is 0 Å². The molecule has 0 radical (unpaired) electrons. The summed E-state index contributed by atoms with van der Waals surface area (Å²) in [5.41, 5.74) is 1.32. The standard InChI is InChI=1S/C15H15ClFNO3S/c1-10-3-2-4-14(15(10)16)22(20,21)18-8-11-5-6-13(17)12(7-11)9-19/h2-7,18-19H,8-9H2,1H3. The van der Waals surface area contributed by atoms with E-state index in [4.69, 9.17) is 16.7 Å². The second kappa shape index (κ2) is 6.75. The molecule has 0 aliphatic carbocycles. The maximum Gasteiger partial charge on any atom is 0.242 e. The molecular weight excluding hydrogens is 329 g/mol. The Bertz CT molecular complexity index is 793. The third-order valence-electron chi connectivity index (χ3n) is 3.19. The molecule has 2 N–H and O–H groups in total. The molecular formula is C15H15ClFNO3S. The molecule has 0 aliphatic rings. The summed E-state index contributed by atoms with van der Waals surface area (Å²) in [5.74, 6) is -0.532. The van der Waals surface area contributed by atoms with Crippen LogP contribution in [0.4, 0.5) is 4.39 Å². The highest BCUT2D eigenvalue weighted by atomic mass is 35.5. The van der Waals surface area contributed by atoms with E-state index >= 15 is 0 Å². The lowest BCUT2D eigenvalue weighted by Crippen LogP contribution is -2.23. The second-order valence-electron chi connectivity index (χ2n) is 4.80. The minimum absolute atomic E-state index is 0.00124. The van der Waals surface area contributed by atoms with Crippen molar-refractivity contribution in [3.8, 4) is 0 Å². The van der Waals surface area contributed by atoms with E-state index in [-0.39, 0.29) is 22.0 Å². The van der Waals surface area contributed by atoms with Crippen molar-refractivity contribution in [3.63, 3.8) is 0 Å². The van der Waals surface area contributed by atoms with Gasteiger partial charge in [0.2, 0.25) is 10.0 Å². The second-order valence-corrected chi connectivity index (χ2v) is 6.91. The minimum atomic E-state index is -3.78. The van der Waals surface area contributed by atoms with Gasteiger partial charge < -0.3 is 5.11 Å². The lowest BCUT2D eigenvalue weighted by atomic mass is 10.1. The number of halogens is 2. The van der Waals surface area contributed by atoms with E-state index in [1.54, 1.807) is 19.1 Å². The van der Waals surface area contributed by atoms with Crippen molar-refractivity contribution in [3.05, 3.63) is 63.9 Å². The molecule has 7 heteroatoms. The van der Waals surface area contributed by atoms with Crippen molar-refractivity contribution < 1.29 is 17.9 Å². The Morgan fingerprint density at radius 3 is 2.68 bits per heavy atom. The number of hydrogen-bond donors (Lipinski definition) is 2. The quantitative estimate of drug-likeness (QED) is 0.877. The Hall–Kier alpha value is -1.47. The Labute approximate surface area is 133 Å². The van der Waals surface area contributed by atoms with E-state index in [0.29, 0.717) is 11.1 Å². The fraction of sp³-hybridized carbons (Fsp3) is 0.200. The number of aryl methyl sites for hydroxylation is 1. The zero-order valence-electron chi connectivity index (χ0n) is 11.8. The first kappa shape index (κ1) is 16.9. The average molecular weight is 344 g/mol. The summed E-state index contributed by atoms with van der Waals surface area (Å²) >= 11 is 6.03. The van der Waals surface area contributed by atoms with Crippen LogP contribution in [0.5, 0.6) is 0 Å². The summed E-state index contributed by atoms with van der Waals surface area (Å²) in [6.07, 6.45) is 0. The predicted molar refractivity (Wildman–Crippen MR) is 82.5 cm³/mol. The summed E-state index contributed by atoms with van der Waals surface area (Å²) in [5, 5.41) is 9.19. The molecule has 2 aromatic rings. The molecule has 0 saturated heterocycles. The average Bonchev–Trinajstić information content (AvgIpc) is 2.49. The van der Waals surface area contributed by atoms with Gasteiger partial charge in [0.05, 0.1) is 11.6 Å². The van der Waals surface area contributed by atoms with Gasteiger partial charge in [-0.05, 0) is 36.2 Å². The molecule has 2 aromatic carbocycles. The van der Waals surface area contributed by atoms with Crippen molar-refractivity contribution in [1.29, 1.82) is 0 Å². The molecule has 0 spiro atoms. The largest absolute Gasteiger partial charge is 0.392 e. The first-order valence-electron chi connectivity index (χ1n) is 6.48. The Morgan fingerprint density at radius 2 is 2.00 bits per heavy atom. The van der Waals surface area contributed by atoms with Crippen LogP contribution in [-0.2, 0) is 23.2 Å². The lowest BCUT2D eigenvalue weighted by Gasteiger charge is -2.10. The third kappa shape index (κ3) is 3.64. The van der Waals surface area contributed by atoms with Gasteiger partial charge in [-0.2, -0.15) is 0 Å². The fourth-order valence-corrected chi connectivity index (χ4v) is 3.54. The zero-order valence-corrected chi connectivity index (χ0v) is 13.4. The van der Waals surface area contributed by atoms with E-state index in [1.807, 2.05) is 0 Å². The van der Waals surface area contributed by atoms with Crippen LogP contribution in [0.25, 0.3) is 0 Å². The molecule has 0 atom stereocenters. The molecule has 118 valence electrons. The van der Waals surface area contributed by atoms with Crippen molar-refractivity contribution in [2.75, 3.05) is 0 Å². The monoisotopic (exact) mass is 343 g/mol. The van der Waals surface area contributed by atoms with E-state index < -0.39 is 22.4 Å². The van der Waals surface area contributed by atoms with Gasteiger partial charge in [0.15, 0.2) is 0 Å². The van der Waals surface area contributed by atoms with Gasteiger partial charge >= 0.3 is 0 Å². The predicted octanol–water partition coefficient (Wildman–Crippen LogP) is 2.76. The molecule has 2 rings (SSSR count). The summed E-state index contributed by atoms with van der Waals surface area (Å²) in [6, 6.07) is 8.80. The molecule has 0 unspecified atom stereocenters. The smallest absolute Gasteiger partial charge is 0.242 e. The number of aliphatic hydroxyl groups excluding tert-OH is 1. The van der Waals surface area contributed by atoms with Crippen molar-refractivity contribution >= 4 is 21.6 Å². The Kier molecular flexibility index (Phi) is 5.18. The normalized spacial score (nSPS) is 11.6. The highest BCUT2D eigenvalue weighted by Gasteiger charge is 2.18. The van der Waals surface area contributed by atoms with Gasteiger partial charge in [0.1, 0.15) is 10.7 Å². The molecule has 22 heavy (non-hydrogen) atoms. The topological polar surface area (TPSA) is 66.4 Å². The molecule has 0 amide bonds. The molecule has 0 saturated carbocycles. The lowest BCUT2D eigenvalue weighted by molar-refractivity contribution is 0.275. The first-order chi connectivity index (χ1) is 10.3. The molecule has 0 fully saturated rings. The maximum absolute atomic E-state index is 13.3. The molecule has 0 aliphatic heterocycles. The van der Waals surface area contributed by atoms with Gasteiger partial charge in [0, 0.05) is 12.1 Å². The van der Waals surface area contributed by atoms with E-state index in [0.717, 1.165) is 0 Å². The number of hydrogen-bond acceptors (Lipinski definition) is 3. The summed E-state index contributed by atoms with van der Waals surface area (Å²) < 4.78 is 40.3. The zero-order chi connectivity index (χ0) is 16.3.